The first-order valence-corrected chi connectivity index (χ1v) is 9.46. The minimum Gasteiger partial charge on any atom is -0.497 e. The minimum absolute atomic E-state index is 0.0495. The van der Waals surface area contributed by atoms with Crippen LogP contribution in [0.4, 0.5) is 0 Å². The largest absolute Gasteiger partial charge is 0.497 e. The van der Waals surface area contributed by atoms with Crippen molar-refractivity contribution in [2.45, 2.75) is 18.2 Å². The number of hydrogen-bond acceptors (Lipinski definition) is 6. The molecule has 5 nitrogen and oxygen atoms in total. The highest BCUT2D eigenvalue weighted by molar-refractivity contribution is 8.24. The molecule has 1 fully saturated rings. The summed E-state index contributed by atoms with van der Waals surface area (Å²) < 4.78 is 16.5. The lowest BCUT2D eigenvalue weighted by Crippen LogP contribution is -2.31. The Bertz CT molecular complexity index is 853. The van der Waals surface area contributed by atoms with Crippen LogP contribution in [0, 0.1) is 0 Å². The van der Waals surface area contributed by atoms with Crippen LogP contribution in [0.25, 0.3) is 0 Å². The number of thioether (sulfide) groups is 1. The fraction of sp³-hybridized carbons (Fsp3) is 0.263. The third-order valence-electron chi connectivity index (χ3n) is 4.36. The van der Waals surface area contributed by atoms with Gasteiger partial charge in [-0.2, -0.15) is 0 Å². The van der Waals surface area contributed by atoms with Gasteiger partial charge in [0.05, 0.1) is 18.9 Å². The Kier molecular flexibility index (Phi) is 4.74. The number of methoxy groups -OCH3 is 1. The van der Waals surface area contributed by atoms with Crippen molar-refractivity contribution in [3.63, 3.8) is 0 Å². The van der Waals surface area contributed by atoms with Crippen LogP contribution in [0.5, 0.6) is 17.2 Å². The summed E-state index contributed by atoms with van der Waals surface area (Å²) in [6.07, 6.45) is 0.611. The van der Waals surface area contributed by atoms with E-state index in [1.807, 2.05) is 42.5 Å². The zero-order valence-electron chi connectivity index (χ0n) is 14.1. The summed E-state index contributed by atoms with van der Waals surface area (Å²) in [4.78, 5) is 14.5. The molecule has 134 valence electrons. The predicted octanol–water partition coefficient (Wildman–Crippen LogP) is 3.40. The Morgan fingerprint density at radius 3 is 2.65 bits per heavy atom. The molecule has 0 saturated carbocycles. The number of fused-ring (bicyclic) bond motifs is 1. The van der Waals surface area contributed by atoms with Gasteiger partial charge in [0.1, 0.15) is 10.1 Å². The van der Waals surface area contributed by atoms with Crippen LogP contribution < -0.4 is 14.2 Å². The van der Waals surface area contributed by atoms with E-state index in [1.54, 1.807) is 12.0 Å². The third kappa shape index (κ3) is 3.37. The smallest absolute Gasteiger partial charge is 0.242 e. The summed E-state index contributed by atoms with van der Waals surface area (Å²) >= 11 is 6.88. The molecule has 0 bridgehead atoms. The molecule has 1 atom stereocenters. The summed E-state index contributed by atoms with van der Waals surface area (Å²) in [7, 11) is 1.63. The van der Waals surface area contributed by atoms with E-state index in [0.29, 0.717) is 17.3 Å². The Balaban J connectivity index is 1.44. The van der Waals surface area contributed by atoms with Gasteiger partial charge >= 0.3 is 0 Å². The number of carbonyl (C=O) groups excluding carboxylic acids is 1. The first-order valence-electron chi connectivity index (χ1n) is 8.17. The Morgan fingerprint density at radius 2 is 1.88 bits per heavy atom. The van der Waals surface area contributed by atoms with Gasteiger partial charge < -0.3 is 14.2 Å². The first kappa shape index (κ1) is 17.2. The summed E-state index contributed by atoms with van der Waals surface area (Å²) in [5, 5.41) is -0.207. The molecule has 0 aromatic heterocycles. The second-order valence-electron chi connectivity index (χ2n) is 6.04. The summed E-state index contributed by atoms with van der Waals surface area (Å²) in [5.41, 5.74) is 2.06. The Hall–Kier alpha value is -2.25. The van der Waals surface area contributed by atoms with Crippen molar-refractivity contribution in [1.82, 2.24) is 4.90 Å². The van der Waals surface area contributed by atoms with Gasteiger partial charge in [0, 0.05) is 0 Å². The van der Waals surface area contributed by atoms with Crippen molar-refractivity contribution in [2.75, 3.05) is 13.9 Å². The second kappa shape index (κ2) is 7.17. The lowest BCUT2D eigenvalue weighted by Gasteiger charge is -2.16. The molecular formula is C19H17NO4S2. The summed E-state index contributed by atoms with van der Waals surface area (Å²) in [6.45, 7) is 0.724. The number of thiocarbonyl (C=S) groups is 1. The van der Waals surface area contributed by atoms with Gasteiger partial charge in [0.25, 0.3) is 0 Å². The van der Waals surface area contributed by atoms with Crippen molar-refractivity contribution < 1.29 is 19.0 Å². The lowest BCUT2D eigenvalue weighted by molar-refractivity contribution is -0.126. The summed E-state index contributed by atoms with van der Waals surface area (Å²) in [5.74, 6) is 2.32. The lowest BCUT2D eigenvalue weighted by atomic mass is 10.1. The summed E-state index contributed by atoms with van der Waals surface area (Å²) in [6, 6.07) is 13.5. The monoisotopic (exact) mass is 387 g/mol. The topological polar surface area (TPSA) is 48.0 Å². The van der Waals surface area contributed by atoms with Crippen molar-refractivity contribution in [3.05, 3.63) is 53.6 Å². The minimum atomic E-state index is -0.207. The maximum atomic E-state index is 12.8. The van der Waals surface area contributed by atoms with E-state index in [0.717, 1.165) is 28.4 Å². The number of ether oxygens (including phenoxy) is 3. The highest BCUT2D eigenvalue weighted by Gasteiger charge is 2.37. The average molecular weight is 387 g/mol. The van der Waals surface area contributed by atoms with Gasteiger partial charge in [-0.3, -0.25) is 9.69 Å². The quantitative estimate of drug-likeness (QED) is 0.733. The van der Waals surface area contributed by atoms with Crippen molar-refractivity contribution in [1.29, 1.82) is 0 Å². The molecule has 2 aliphatic heterocycles. The van der Waals surface area contributed by atoms with Crippen molar-refractivity contribution >= 4 is 34.2 Å². The molecule has 0 radical (unpaired) electrons. The van der Waals surface area contributed by atoms with Crippen LogP contribution in [0.1, 0.15) is 11.1 Å². The van der Waals surface area contributed by atoms with Crippen molar-refractivity contribution in [2.24, 2.45) is 0 Å². The molecule has 2 aliphatic rings. The highest BCUT2D eigenvalue weighted by atomic mass is 32.2. The average Bonchev–Trinajstić information content (AvgIpc) is 3.22. The maximum absolute atomic E-state index is 12.8. The molecule has 1 amide bonds. The Labute approximate surface area is 161 Å². The number of carbonyl (C=O) groups is 1. The van der Waals surface area contributed by atoms with Crippen LogP contribution in [0.3, 0.4) is 0 Å². The molecule has 2 heterocycles. The van der Waals surface area contributed by atoms with E-state index in [4.69, 9.17) is 26.4 Å². The van der Waals surface area contributed by atoms with Crippen LogP contribution >= 0.6 is 24.0 Å². The van der Waals surface area contributed by atoms with Gasteiger partial charge in [-0.05, 0) is 41.8 Å². The van der Waals surface area contributed by atoms with Gasteiger partial charge in [-0.25, -0.2) is 0 Å². The zero-order chi connectivity index (χ0) is 18.1. The zero-order valence-corrected chi connectivity index (χ0v) is 15.8. The Morgan fingerprint density at radius 1 is 1.15 bits per heavy atom. The van der Waals surface area contributed by atoms with Gasteiger partial charge in [0.2, 0.25) is 12.7 Å². The molecule has 0 spiro atoms. The normalized spacial score (nSPS) is 18.5. The number of nitrogens with zero attached hydrogens (tertiary/aromatic N) is 1. The number of hydrogen-bond donors (Lipinski definition) is 0. The number of rotatable bonds is 5. The van der Waals surface area contributed by atoms with Gasteiger partial charge in [-0.15, -0.1) is 0 Å². The van der Waals surface area contributed by atoms with Crippen LogP contribution in [0.15, 0.2) is 42.5 Å². The predicted molar refractivity (Wildman–Crippen MR) is 104 cm³/mol. The highest BCUT2D eigenvalue weighted by Crippen LogP contribution is 2.35. The number of benzene rings is 2. The van der Waals surface area contributed by atoms with Gasteiger partial charge in [-0.1, -0.05) is 42.2 Å². The molecule has 0 N–H and O–H groups in total. The van der Waals surface area contributed by atoms with E-state index in [-0.39, 0.29) is 18.0 Å². The number of amides is 1. The van der Waals surface area contributed by atoms with E-state index in [9.17, 15) is 4.79 Å². The molecule has 2 aromatic carbocycles. The first-order chi connectivity index (χ1) is 12.6. The van der Waals surface area contributed by atoms with E-state index < -0.39 is 0 Å². The maximum Gasteiger partial charge on any atom is 0.242 e. The van der Waals surface area contributed by atoms with E-state index >= 15 is 0 Å². The molecule has 1 saturated heterocycles. The fourth-order valence-electron chi connectivity index (χ4n) is 2.97. The molecule has 0 unspecified atom stereocenters. The van der Waals surface area contributed by atoms with Gasteiger partial charge in [0.15, 0.2) is 11.5 Å². The molecule has 7 heteroatoms. The van der Waals surface area contributed by atoms with Crippen LogP contribution in [-0.4, -0.2) is 34.3 Å². The molecule has 0 aliphatic carbocycles. The van der Waals surface area contributed by atoms with E-state index in [2.05, 4.69) is 0 Å². The molecule has 26 heavy (non-hydrogen) atoms. The molecule has 2 aromatic rings. The van der Waals surface area contributed by atoms with Crippen molar-refractivity contribution in [3.8, 4) is 17.2 Å². The van der Waals surface area contributed by atoms with E-state index in [1.165, 1.54) is 11.8 Å². The fourth-order valence-corrected chi connectivity index (χ4v) is 4.50. The van der Waals surface area contributed by atoms with Crippen LogP contribution in [-0.2, 0) is 17.8 Å². The second-order valence-corrected chi connectivity index (χ2v) is 7.87. The molecular weight excluding hydrogens is 370 g/mol. The standard InChI is InChI=1S/C19H17NO4S2/c1-22-14-5-2-12(3-6-14)10-20-18(21)17(26-19(20)25)9-13-4-7-15-16(8-13)24-11-23-15/h2-8,17H,9-11H2,1H3/t17-/m0/s1. The van der Waals surface area contributed by atoms with Crippen LogP contribution in [0.2, 0.25) is 0 Å². The molecule has 4 rings (SSSR count). The third-order valence-corrected chi connectivity index (χ3v) is 5.95. The SMILES string of the molecule is COc1ccc(CN2C(=O)[C@H](Cc3ccc4c(c3)OCO4)SC2=S)cc1.